The summed E-state index contributed by atoms with van der Waals surface area (Å²) in [6, 6.07) is 5.24. The maximum Gasteiger partial charge on any atom is 0.354 e. The maximum absolute atomic E-state index is 17.1. The summed E-state index contributed by atoms with van der Waals surface area (Å²) in [7, 11) is 0. The van der Waals surface area contributed by atoms with Crippen molar-refractivity contribution in [1.82, 2.24) is 19.3 Å². The second-order valence-electron chi connectivity index (χ2n) is 10.7. The molecule has 1 saturated heterocycles. The number of aromatic nitrogens is 3. The van der Waals surface area contributed by atoms with Crippen molar-refractivity contribution in [2.45, 2.75) is 25.8 Å². The fourth-order valence-electron chi connectivity index (χ4n) is 6.05. The van der Waals surface area contributed by atoms with E-state index in [2.05, 4.69) is 16.5 Å². The van der Waals surface area contributed by atoms with Gasteiger partial charge in [0.25, 0.3) is 0 Å². The molecular weight excluding hydrogens is 568 g/mol. The van der Waals surface area contributed by atoms with E-state index in [1.54, 1.807) is 4.90 Å². The van der Waals surface area contributed by atoms with Crippen molar-refractivity contribution in [2.75, 3.05) is 31.1 Å². The van der Waals surface area contributed by atoms with Crippen molar-refractivity contribution in [3.63, 3.8) is 0 Å². The first-order valence-electron chi connectivity index (χ1n) is 13.5. The predicted molar refractivity (Wildman–Crippen MR) is 155 cm³/mol. The van der Waals surface area contributed by atoms with Crippen LogP contribution in [-0.4, -0.2) is 57.5 Å². The van der Waals surface area contributed by atoms with Crippen molar-refractivity contribution in [3.8, 4) is 5.75 Å². The number of carbonyl (C=O) groups is 1. The van der Waals surface area contributed by atoms with Crippen LogP contribution in [0.2, 0.25) is 5.02 Å². The van der Waals surface area contributed by atoms with Gasteiger partial charge in [-0.15, -0.1) is 0 Å². The van der Waals surface area contributed by atoms with Crippen molar-refractivity contribution in [1.29, 1.82) is 0 Å². The summed E-state index contributed by atoms with van der Waals surface area (Å²) in [5, 5.41) is -0.529. The minimum Gasteiger partial charge on any atom is -0.489 e. The van der Waals surface area contributed by atoms with Gasteiger partial charge in [-0.05, 0) is 24.1 Å². The topological polar surface area (TPSA) is 93.2 Å². The molecule has 1 atom stereocenters. The molecule has 12 heteroatoms. The summed E-state index contributed by atoms with van der Waals surface area (Å²) >= 11 is 6.90. The van der Waals surface area contributed by atoms with Crippen LogP contribution < -0.4 is 15.3 Å². The average molecular weight is 592 g/mol. The zero-order valence-electron chi connectivity index (χ0n) is 22.7. The number of amides is 1. The number of hydrogen-bond donors (Lipinski definition) is 0. The lowest BCUT2D eigenvalue weighted by molar-refractivity contribution is -0.126. The van der Waals surface area contributed by atoms with E-state index in [0.717, 1.165) is 4.40 Å². The van der Waals surface area contributed by atoms with E-state index in [-0.39, 0.29) is 79.9 Å². The number of ether oxygens (including phenoxy) is 1. The molecule has 214 valence electrons. The first-order valence-corrected chi connectivity index (χ1v) is 13.8. The Labute approximate surface area is 242 Å². The minimum atomic E-state index is -0.927. The van der Waals surface area contributed by atoms with Crippen LogP contribution in [0, 0.1) is 11.6 Å². The zero-order chi connectivity index (χ0) is 29.4. The highest BCUT2D eigenvalue weighted by Crippen LogP contribution is 2.47. The van der Waals surface area contributed by atoms with E-state index < -0.39 is 23.4 Å². The standard InChI is InChI=1S/C30H24ClF2N5O4/c1-4-19(39)36-10-11-37-15(12-36)13-41-28-22-27-24(33)21(23(28)31)20-16(32)6-5-7-17(20)42-18-8-9-34-25(14(2)3)26(18)38(27)30(40)35-29(22)37/h4-9,14-15H,1,10-13H2,2-3H3. The van der Waals surface area contributed by atoms with E-state index in [0.29, 0.717) is 18.8 Å². The van der Waals surface area contributed by atoms with Gasteiger partial charge >= 0.3 is 5.69 Å². The largest absolute Gasteiger partial charge is 0.489 e. The fraction of sp³-hybridized carbons (Fsp3) is 0.267. The SMILES string of the molecule is C=CC(=O)N1CCN2c3nc(=O)n4c5c(C(C)C)nccc5oc5cccc(F)c5c5c(Cl)c(c3c4c5F)OCC2C1. The smallest absolute Gasteiger partial charge is 0.354 e. The second-order valence-corrected chi connectivity index (χ2v) is 11.0. The quantitative estimate of drug-likeness (QED) is 0.255. The third-order valence-electron chi connectivity index (χ3n) is 7.94. The molecule has 2 aliphatic heterocycles. The van der Waals surface area contributed by atoms with Crippen LogP contribution in [-0.2, 0) is 4.79 Å². The van der Waals surface area contributed by atoms with Crippen LogP contribution in [0.15, 0.2) is 52.3 Å². The molecule has 42 heavy (non-hydrogen) atoms. The van der Waals surface area contributed by atoms with E-state index >= 15 is 8.78 Å². The van der Waals surface area contributed by atoms with Gasteiger partial charge in [-0.25, -0.2) is 13.6 Å². The van der Waals surface area contributed by atoms with Crippen molar-refractivity contribution in [2.24, 2.45) is 0 Å². The minimum absolute atomic E-state index is 0.00293. The number of fused-ring (bicyclic) bond motifs is 7. The van der Waals surface area contributed by atoms with Crippen molar-refractivity contribution in [3.05, 3.63) is 76.0 Å². The predicted octanol–water partition coefficient (Wildman–Crippen LogP) is 5.35. The van der Waals surface area contributed by atoms with Gasteiger partial charge in [-0.3, -0.25) is 14.2 Å². The molecule has 5 heterocycles. The number of carbonyl (C=O) groups excluding carboxylic acids is 1. The Hall–Kier alpha value is -4.51. The second kappa shape index (κ2) is 9.52. The molecule has 1 fully saturated rings. The highest BCUT2D eigenvalue weighted by molar-refractivity contribution is 6.39. The molecule has 7 rings (SSSR count). The van der Waals surface area contributed by atoms with Crippen LogP contribution in [0.25, 0.3) is 38.4 Å². The molecule has 0 N–H and O–H groups in total. The molecule has 0 saturated carbocycles. The van der Waals surface area contributed by atoms with E-state index in [1.807, 2.05) is 18.7 Å². The van der Waals surface area contributed by atoms with E-state index in [9.17, 15) is 9.59 Å². The normalized spacial score (nSPS) is 16.7. The zero-order valence-corrected chi connectivity index (χ0v) is 23.4. The monoisotopic (exact) mass is 591 g/mol. The third kappa shape index (κ3) is 3.65. The van der Waals surface area contributed by atoms with Crippen LogP contribution in [0.4, 0.5) is 14.6 Å². The average Bonchev–Trinajstić information content (AvgIpc) is 3.10. The van der Waals surface area contributed by atoms with Gasteiger partial charge in [0.05, 0.1) is 27.5 Å². The van der Waals surface area contributed by atoms with Gasteiger partial charge in [-0.1, -0.05) is 38.1 Å². The molecule has 2 bridgehead atoms. The molecule has 0 spiro atoms. The lowest BCUT2D eigenvalue weighted by Crippen LogP contribution is -2.56. The Balaban J connectivity index is 1.74. The van der Waals surface area contributed by atoms with Gasteiger partial charge < -0.3 is 19.0 Å². The summed E-state index contributed by atoms with van der Waals surface area (Å²) < 4.78 is 46.3. The number of rotatable bonds is 2. The molecular formula is C30H24ClF2N5O4. The van der Waals surface area contributed by atoms with Crippen LogP contribution in [0.1, 0.15) is 25.5 Å². The van der Waals surface area contributed by atoms with Crippen molar-refractivity contribution >= 4 is 61.7 Å². The Morgan fingerprint density at radius 3 is 2.71 bits per heavy atom. The van der Waals surface area contributed by atoms with E-state index in [1.165, 1.54) is 36.5 Å². The Kier molecular flexibility index (Phi) is 5.98. The molecule has 2 aromatic carbocycles. The number of anilines is 1. The molecule has 1 unspecified atom stereocenters. The number of pyridine rings is 1. The molecule has 1 amide bonds. The van der Waals surface area contributed by atoms with Crippen LogP contribution >= 0.6 is 11.6 Å². The van der Waals surface area contributed by atoms with Crippen LogP contribution in [0.3, 0.4) is 0 Å². The first-order chi connectivity index (χ1) is 20.2. The lowest BCUT2D eigenvalue weighted by Gasteiger charge is -2.40. The number of nitrogens with zero attached hydrogens (tertiary/aromatic N) is 5. The number of halogens is 3. The highest BCUT2D eigenvalue weighted by atomic mass is 35.5. The van der Waals surface area contributed by atoms with Gasteiger partial charge in [0, 0.05) is 37.3 Å². The number of benzene rings is 2. The molecule has 3 aromatic heterocycles. The first kappa shape index (κ1) is 26.4. The molecule has 2 aliphatic rings. The maximum atomic E-state index is 17.1. The fourth-order valence-corrected chi connectivity index (χ4v) is 6.38. The summed E-state index contributed by atoms with van der Waals surface area (Å²) in [5.41, 5.74) is -0.152. The number of piperazine rings is 1. The van der Waals surface area contributed by atoms with Gasteiger partial charge in [0.2, 0.25) is 5.91 Å². The Bertz CT molecular complexity index is 2090. The van der Waals surface area contributed by atoms with Crippen molar-refractivity contribution < 1.29 is 22.7 Å². The Morgan fingerprint density at radius 1 is 1.14 bits per heavy atom. The molecule has 0 radical (unpaired) electrons. The van der Waals surface area contributed by atoms with Gasteiger partial charge in [0.15, 0.2) is 17.1 Å². The summed E-state index contributed by atoms with van der Waals surface area (Å²) in [6.45, 7) is 8.27. The number of hydrogen-bond acceptors (Lipinski definition) is 7. The molecule has 0 aliphatic carbocycles. The molecule has 5 aromatic rings. The summed E-state index contributed by atoms with van der Waals surface area (Å²) in [4.78, 5) is 38.9. The lowest BCUT2D eigenvalue weighted by atomic mass is 10.1. The Morgan fingerprint density at radius 2 is 1.95 bits per heavy atom. The van der Waals surface area contributed by atoms with Gasteiger partial charge in [0.1, 0.15) is 34.9 Å². The highest BCUT2D eigenvalue weighted by Gasteiger charge is 2.37. The summed E-state index contributed by atoms with van der Waals surface area (Å²) in [6.07, 6.45) is 2.76. The summed E-state index contributed by atoms with van der Waals surface area (Å²) in [5.74, 6) is -1.91. The third-order valence-corrected chi connectivity index (χ3v) is 8.30. The van der Waals surface area contributed by atoms with Crippen LogP contribution in [0.5, 0.6) is 5.75 Å². The molecule has 9 nitrogen and oxygen atoms in total. The van der Waals surface area contributed by atoms with Gasteiger partial charge in [-0.2, -0.15) is 4.98 Å². The van der Waals surface area contributed by atoms with E-state index in [4.69, 9.17) is 20.8 Å².